The highest BCUT2D eigenvalue weighted by atomic mass is 16.3. The van der Waals surface area contributed by atoms with Gasteiger partial charge in [-0.3, -0.25) is 0 Å². The van der Waals surface area contributed by atoms with Gasteiger partial charge in [-0.2, -0.15) is 5.26 Å². The van der Waals surface area contributed by atoms with Crippen LogP contribution in [0.1, 0.15) is 29.9 Å². The van der Waals surface area contributed by atoms with E-state index in [-0.39, 0.29) is 6.04 Å². The quantitative estimate of drug-likeness (QED) is 0.873. The summed E-state index contributed by atoms with van der Waals surface area (Å²) < 4.78 is 5.27. The van der Waals surface area contributed by atoms with Crippen LogP contribution in [0.4, 0.5) is 0 Å². The maximum Gasteiger partial charge on any atom is 0.105 e. The number of furan rings is 1. The third-order valence-corrected chi connectivity index (χ3v) is 2.92. The third-order valence-electron chi connectivity index (χ3n) is 2.92. The van der Waals surface area contributed by atoms with Crippen LogP contribution < -0.4 is 5.32 Å². The number of hydrogen-bond donors (Lipinski definition) is 1. The van der Waals surface area contributed by atoms with E-state index in [2.05, 4.69) is 18.3 Å². The number of rotatable bonds is 5. The second-order valence-electron chi connectivity index (χ2n) is 4.24. The van der Waals surface area contributed by atoms with Crippen molar-refractivity contribution < 1.29 is 4.42 Å². The first-order valence-corrected chi connectivity index (χ1v) is 6.05. The van der Waals surface area contributed by atoms with Crippen LogP contribution >= 0.6 is 0 Å². The first-order chi connectivity index (χ1) is 8.79. The molecule has 0 aliphatic heterocycles. The number of benzene rings is 1. The monoisotopic (exact) mass is 240 g/mol. The van der Waals surface area contributed by atoms with Gasteiger partial charge in [0.05, 0.1) is 17.9 Å². The molecule has 2 aromatic rings. The Kier molecular flexibility index (Phi) is 4.16. The molecular weight excluding hydrogens is 224 g/mol. The minimum absolute atomic E-state index is 0.230. The number of nitriles is 1. The minimum Gasteiger partial charge on any atom is -0.469 e. The molecule has 0 saturated carbocycles. The second-order valence-corrected chi connectivity index (χ2v) is 4.24. The van der Waals surface area contributed by atoms with E-state index >= 15 is 0 Å². The van der Waals surface area contributed by atoms with Gasteiger partial charge in [-0.05, 0) is 36.8 Å². The standard InChI is InChI=1S/C15H16N2O/c1-12(14-5-2-4-13(10-14)11-16)17-8-7-15-6-3-9-18-15/h2-6,9-10,12,17H,7-8H2,1H3. The van der Waals surface area contributed by atoms with Gasteiger partial charge in [-0.15, -0.1) is 0 Å². The summed E-state index contributed by atoms with van der Waals surface area (Å²) in [6.45, 7) is 2.95. The average molecular weight is 240 g/mol. The van der Waals surface area contributed by atoms with Crippen molar-refractivity contribution in [2.75, 3.05) is 6.54 Å². The largest absolute Gasteiger partial charge is 0.469 e. The lowest BCUT2D eigenvalue weighted by Gasteiger charge is -2.13. The van der Waals surface area contributed by atoms with Gasteiger partial charge >= 0.3 is 0 Å². The van der Waals surface area contributed by atoms with Crippen LogP contribution in [0.3, 0.4) is 0 Å². The fourth-order valence-electron chi connectivity index (χ4n) is 1.86. The molecule has 1 N–H and O–H groups in total. The predicted octanol–water partition coefficient (Wildman–Crippen LogP) is 3.04. The van der Waals surface area contributed by atoms with E-state index in [1.165, 1.54) is 0 Å². The summed E-state index contributed by atoms with van der Waals surface area (Å²) in [5, 5.41) is 12.3. The van der Waals surface area contributed by atoms with E-state index < -0.39 is 0 Å². The maximum atomic E-state index is 8.86. The van der Waals surface area contributed by atoms with Crippen LogP contribution in [0.15, 0.2) is 47.1 Å². The Balaban J connectivity index is 1.87. The summed E-state index contributed by atoms with van der Waals surface area (Å²) >= 11 is 0. The summed E-state index contributed by atoms with van der Waals surface area (Å²) in [4.78, 5) is 0. The summed E-state index contributed by atoms with van der Waals surface area (Å²) in [5.74, 6) is 0.987. The Labute approximate surface area is 107 Å². The average Bonchev–Trinajstić information content (AvgIpc) is 2.92. The van der Waals surface area contributed by atoms with Crippen LogP contribution in [-0.2, 0) is 6.42 Å². The molecule has 1 aromatic heterocycles. The Morgan fingerprint density at radius 3 is 2.94 bits per heavy atom. The van der Waals surface area contributed by atoms with Crippen LogP contribution in [0.25, 0.3) is 0 Å². The van der Waals surface area contributed by atoms with Gasteiger partial charge in [0.15, 0.2) is 0 Å². The van der Waals surface area contributed by atoms with Gasteiger partial charge < -0.3 is 9.73 Å². The van der Waals surface area contributed by atoms with Crippen molar-refractivity contribution in [1.29, 1.82) is 5.26 Å². The van der Waals surface area contributed by atoms with Crippen molar-refractivity contribution in [3.8, 4) is 6.07 Å². The van der Waals surface area contributed by atoms with E-state index in [1.54, 1.807) is 6.26 Å². The van der Waals surface area contributed by atoms with Crippen LogP contribution in [0.2, 0.25) is 0 Å². The van der Waals surface area contributed by atoms with E-state index in [0.29, 0.717) is 5.56 Å². The molecule has 0 aliphatic rings. The summed E-state index contributed by atoms with van der Waals surface area (Å²) in [6.07, 6.45) is 2.56. The number of hydrogen-bond acceptors (Lipinski definition) is 3. The number of nitrogens with zero attached hydrogens (tertiary/aromatic N) is 1. The van der Waals surface area contributed by atoms with Crippen molar-refractivity contribution in [3.63, 3.8) is 0 Å². The second kappa shape index (κ2) is 6.04. The lowest BCUT2D eigenvalue weighted by Crippen LogP contribution is -2.21. The summed E-state index contributed by atoms with van der Waals surface area (Å²) in [7, 11) is 0. The normalized spacial score (nSPS) is 12.0. The molecule has 0 amide bonds. The van der Waals surface area contributed by atoms with E-state index in [1.807, 2.05) is 36.4 Å². The fourth-order valence-corrected chi connectivity index (χ4v) is 1.86. The summed E-state index contributed by atoms with van der Waals surface area (Å²) in [6, 6.07) is 13.9. The third kappa shape index (κ3) is 3.22. The molecular formula is C15H16N2O. The molecule has 1 heterocycles. The fraction of sp³-hybridized carbons (Fsp3) is 0.267. The first-order valence-electron chi connectivity index (χ1n) is 6.05. The lowest BCUT2D eigenvalue weighted by atomic mass is 10.1. The van der Waals surface area contributed by atoms with Gasteiger partial charge in [0, 0.05) is 19.0 Å². The van der Waals surface area contributed by atoms with E-state index in [4.69, 9.17) is 9.68 Å². The van der Waals surface area contributed by atoms with Crippen molar-refractivity contribution in [3.05, 3.63) is 59.5 Å². The smallest absolute Gasteiger partial charge is 0.105 e. The zero-order valence-electron chi connectivity index (χ0n) is 10.4. The first kappa shape index (κ1) is 12.4. The Bertz CT molecular complexity index is 526. The maximum absolute atomic E-state index is 8.86. The van der Waals surface area contributed by atoms with Gasteiger partial charge in [0.1, 0.15) is 5.76 Å². The Hall–Kier alpha value is -2.05. The Morgan fingerprint density at radius 2 is 2.22 bits per heavy atom. The van der Waals surface area contributed by atoms with Crippen LogP contribution in [0, 0.1) is 11.3 Å². The molecule has 1 unspecified atom stereocenters. The predicted molar refractivity (Wildman–Crippen MR) is 70.0 cm³/mol. The molecule has 0 spiro atoms. The van der Waals surface area contributed by atoms with Gasteiger partial charge in [-0.1, -0.05) is 12.1 Å². The van der Waals surface area contributed by atoms with Crippen molar-refractivity contribution in [1.82, 2.24) is 5.32 Å². The molecule has 0 bridgehead atoms. The minimum atomic E-state index is 0.230. The topological polar surface area (TPSA) is 49.0 Å². The van der Waals surface area contributed by atoms with Crippen molar-refractivity contribution in [2.24, 2.45) is 0 Å². The lowest BCUT2D eigenvalue weighted by molar-refractivity contribution is 0.486. The van der Waals surface area contributed by atoms with E-state index in [0.717, 1.165) is 24.3 Å². The molecule has 0 aliphatic carbocycles. The molecule has 92 valence electrons. The molecule has 0 saturated heterocycles. The van der Waals surface area contributed by atoms with Gasteiger partial charge in [0.25, 0.3) is 0 Å². The van der Waals surface area contributed by atoms with Crippen molar-refractivity contribution >= 4 is 0 Å². The van der Waals surface area contributed by atoms with Gasteiger partial charge in [0.2, 0.25) is 0 Å². The molecule has 3 nitrogen and oxygen atoms in total. The van der Waals surface area contributed by atoms with E-state index in [9.17, 15) is 0 Å². The van der Waals surface area contributed by atoms with Gasteiger partial charge in [-0.25, -0.2) is 0 Å². The molecule has 2 rings (SSSR count). The number of nitrogens with one attached hydrogen (secondary N) is 1. The van der Waals surface area contributed by atoms with Crippen LogP contribution in [-0.4, -0.2) is 6.54 Å². The highest BCUT2D eigenvalue weighted by Crippen LogP contribution is 2.13. The van der Waals surface area contributed by atoms with Crippen molar-refractivity contribution in [2.45, 2.75) is 19.4 Å². The summed E-state index contributed by atoms with van der Waals surface area (Å²) in [5.41, 5.74) is 1.83. The Morgan fingerprint density at radius 1 is 1.33 bits per heavy atom. The van der Waals surface area contributed by atoms with Crippen LogP contribution in [0.5, 0.6) is 0 Å². The molecule has 0 fully saturated rings. The molecule has 18 heavy (non-hydrogen) atoms. The molecule has 3 heteroatoms. The molecule has 1 atom stereocenters. The SMILES string of the molecule is CC(NCCc1ccco1)c1cccc(C#N)c1. The zero-order valence-corrected chi connectivity index (χ0v) is 10.4. The highest BCUT2D eigenvalue weighted by Gasteiger charge is 2.05. The molecule has 0 radical (unpaired) electrons. The highest BCUT2D eigenvalue weighted by molar-refractivity contribution is 5.34. The zero-order chi connectivity index (χ0) is 12.8. The molecule has 1 aromatic carbocycles.